The lowest BCUT2D eigenvalue weighted by Crippen LogP contribution is -2.59. The van der Waals surface area contributed by atoms with E-state index in [1.165, 1.54) is 0 Å². The van der Waals surface area contributed by atoms with Gasteiger partial charge in [-0.15, -0.1) is 0 Å². The highest BCUT2D eigenvalue weighted by Crippen LogP contribution is 2.41. The van der Waals surface area contributed by atoms with Crippen LogP contribution in [-0.4, -0.2) is 115 Å². The average Bonchev–Trinajstić information content (AvgIpc) is 2.95. The average molecular weight is 342 g/mol. The van der Waals surface area contributed by atoms with E-state index in [1.807, 2.05) is 0 Å². The van der Waals surface area contributed by atoms with Crippen molar-refractivity contribution in [3.63, 3.8) is 0 Å². The standard InChI is InChI=1S/C12H22O11/c13-1-5-7(17)9(19)11(3-15,21-5)23-12(4-16)10(20)8(18)6(2-14)22-12/h5-10,13-20H,1-4H2/t5-,6+,7-,8+,9+,10-,11?,12?. The first-order valence-corrected chi connectivity index (χ1v) is 7.02. The molecule has 8 atom stereocenters. The maximum absolute atomic E-state index is 10.1. The Morgan fingerprint density at radius 3 is 1.26 bits per heavy atom. The van der Waals surface area contributed by atoms with Crippen LogP contribution < -0.4 is 0 Å². The van der Waals surface area contributed by atoms with E-state index in [1.54, 1.807) is 0 Å². The molecular formula is C12H22O11. The maximum Gasteiger partial charge on any atom is 0.224 e. The molecule has 23 heavy (non-hydrogen) atoms. The van der Waals surface area contributed by atoms with Gasteiger partial charge in [-0.3, -0.25) is 0 Å². The third-order valence-corrected chi connectivity index (χ3v) is 4.16. The van der Waals surface area contributed by atoms with Gasteiger partial charge in [0.2, 0.25) is 11.6 Å². The number of hydrogen-bond acceptors (Lipinski definition) is 11. The molecule has 2 rings (SSSR count). The van der Waals surface area contributed by atoms with E-state index in [2.05, 4.69) is 0 Å². The molecular weight excluding hydrogens is 320 g/mol. The first-order chi connectivity index (χ1) is 10.8. The zero-order valence-electron chi connectivity index (χ0n) is 12.1. The van der Waals surface area contributed by atoms with Crippen LogP contribution in [0.3, 0.4) is 0 Å². The van der Waals surface area contributed by atoms with Crippen LogP contribution in [0.4, 0.5) is 0 Å². The molecule has 2 fully saturated rings. The van der Waals surface area contributed by atoms with Crippen LogP contribution in [0.25, 0.3) is 0 Å². The molecule has 0 spiro atoms. The van der Waals surface area contributed by atoms with Gasteiger partial charge in [0.05, 0.1) is 13.2 Å². The van der Waals surface area contributed by atoms with E-state index in [0.29, 0.717) is 0 Å². The number of aliphatic hydroxyl groups is 8. The van der Waals surface area contributed by atoms with Crippen LogP contribution in [0.15, 0.2) is 0 Å². The molecule has 0 bridgehead atoms. The minimum atomic E-state index is -2.32. The fraction of sp³-hybridized carbons (Fsp3) is 1.00. The molecule has 0 aliphatic carbocycles. The third-order valence-electron chi connectivity index (χ3n) is 4.16. The summed E-state index contributed by atoms with van der Waals surface area (Å²) in [6.45, 7) is -3.42. The molecule has 2 aliphatic rings. The molecule has 11 nitrogen and oxygen atoms in total. The van der Waals surface area contributed by atoms with Crippen LogP contribution in [0.5, 0.6) is 0 Å². The second kappa shape index (κ2) is 6.82. The Morgan fingerprint density at radius 2 is 1.04 bits per heavy atom. The summed E-state index contributed by atoms with van der Waals surface area (Å²) in [4.78, 5) is 0. The molecule has 0 aromatic carbocycles. The predicted molar refractivity (Wildman–Crippen MR) is 68.7 cm³/mol. The topological polar surface area (TPSA) is 190 Å². The Bertz CT molecular complexity index is 372. The molecule has 0 saturated carbocycles. The Kier molecular flexibility index (Phi) is 5.60. The highest BCUT2D eigenvalue weighted by molar-refractivity contribution is 5.02. The molecule has 2 heterocycles. The second-order valence-corrected chi connectivity index (χ2v) is 5.59. The summed E-state index contributed by atoms with van der Waals surface area (Å²) < 4.78 is 15.6. The third kappa shape index (κ3) is 2.88. The maximum atomic E-state index is 10.1. The van der Waals surface area contributed by atoms with Crippen molar-refractivity contribution in [2.45, 2.75) is 48.2 Å². The number of rotatable bonds is 6. The lowest BCUT2D eigenvalue weighted by Gasteiger charge is -2.40. The van der Waals surface area contributed by atoms with Crippen LogP contribution in [0, 0.1) is 0 Å². The SMILES string of the molecule is OC[C@@H]1OC(CO)(OC2(CO)O[C@H](CO)[C@@H](O)[C@@H]2O)[C@H](O)[C@H]1O. The van der Waals surface area contributed by atoms with E-state index < -0.39 is 74.6 Å². The molecule has 0 amide bonds. The van der Waals surface area contributed by atoms with Crippen molar-refractivity contribution in [3.05, 3.63) is 0 Å². The van der Waals surface area contributed by atoms with Gasteiger partial charge < -0.3 is 55.1 Å². The van der Waals surface area contributed by atoms with Gasteiger partial charge in [-0.2, -0.15) is 0 Å². The van der Waals surface area contributed by atoms with Crippen molar-refractivity contribution in [2.75, 3.05) is 26.4 Å². The summed E-state index contributed by atoms with van der Waals surface area (Å²) in [7, 11) is 0. The van der Waals surface area contributed by atoms with Gasteiger partial charge in [0, 0.05) is 0 Å². The number of ether oxygens (including phenoxy) is 3. The molecule has 2 saturated heterocycles. The van der Waals surface area contributed by atoms with Gasteiger partial charge >= 0.3 is 0 Å². The molecule has 136 valence electrons. The van der Waals surface area contributed by atoms with Gasteiger partial charge in [-0.1, -0.05) is 0 Å². The van der Waals surface area contributed by atoms with Gasteiger partial charge in [0.25, 0.3) is 0 Å². The summed E-state index contributed by atoms with van der Waals surface area (Å²) in [5.41, 5.74) is 0. The van der Waals surface area contributed by atoms with E-state index in [-0.39, 0.29) is 0 Å². The fourth-order valence-corrected chi connectivity index (χ4v) is 2.80. The zero-order chi connectivity index (χ0) is 17.4. The molecule has 8 N–H and O–H groups in total. The minimum absolute atomic E-state index is 0.694. The van der Waals surface area contributed by atoms with Crippen molar-refractivity contribution in [3.8, 4) is 0 Å². The summed E-state index contributed by atoms with van der Waals surface area (Å²) in [6.07, 6.45) is -9.47. The van der Waals surface area contributed by atoms with Crippen LogP contribution in [-0.2, 0) is 14.2 Å². The van der Waals surface area contributed by atoms with Crippen LogP contribution >= 0.6 is 0 Å². The zero-order valence-corrected chi connectivity index (χ0v) is 12.1. The van der Waals surface area contributed by atoms with Crippen LogP contribution in [0.2, 0.25) is 0 Å². The Morgan fingerprint density at radius 1 is 0.696 bits per heavy atom. The van der Waals surface area contributed by atoms with Gasteiger partial charge in [-0.25, -0.2) is 0 Å². The summed E-state index contributed by atoms with van der Waals surface area (Å²) in [5.74, 6) is -4.64. The number of hydrogen-bond donors (Lipinski definition) is 8. The minimum Gasteiger partial charge on any atom is -0.394 e. The summed E-state index contributed by atoms with van der Waals surface area (Å²) in [6, 6.07) is 0. The second-order valence-electron chi connectivity index (χ2n) is 5.59. The van der Waals surface area contributed by atoms with E-state index in [0.717, 1.165) is 0 Å². The Balaban J connectivity index is 2.30. The van der Waals surface area contributed by atoms with Gasteiger partial charge in [0.15, 0.2) is 0 Å². The monoisotopic (exact) mass is 342 g/mol. The highest BCUT2D eigenvalue weighted by atomic mass is 16.8. The summed E-state index contributed by atoms with van der Waals surface area (Å²) in [5, 5.41) is 76.9. The van der Waals surface area contributed by atoms with E-state index >= 15 is 0 Å². The van der Waals surface area contributed by atoms with Gasteiger partial charge in [-0.05, 0) is 0 Å². The molecule has 0 aromatic heterocycles. The highest BCUT2D eigenvalue weighted by Gasteiger charge is 2.63. The smallest absolute Gasteiger partial charge is 0.224 e. The molecule has 2 unspecified atom stereocenters. The lowest BCUT2D eigenvalue weighted by molar-refractivity contribution is -0.393. The largest absolute Gasteiger partial charge is 0.394 e. The van der Waals surface area contributed by atoms with Crippen molar-refractivity contribution in [1.82, 2.24) is 0 Å². The molecule has 0 radical (unpaired) electrons. The summed E-state index contributed by atoms with van der Waals surface area (Å²) >= 11 is 0. The molecule has 11 heteroatoms. The number of aliphatic hydroxyl groups excluding tert-OH is 8. The Labute approximate surface area is 130 Å². The lowest BCUT2D eigenvalue weighted by atomic mass is 10.0. The predicted octanol–water partition coefficient (Wildman–Crippen LogP) is -5.39. The quantitative estimate of drug-likeness (QED) is 0.230. The van der Waals surface area contributed by atoms with Crippen molar-refractivity contribution >= 4 is 0 Å². The first kappa shape index (κ1) is 18.9. The van der Waals surface area contributed by atoms with Crippen molar-refractivity contribution < 1.29 is 55.1 Å². The van der Waals surface area contributed by atoms with Crippen molar-refractivity contribution in [1.29, 1.82) is 0 Å². The first-order valence-electron chi connectivity index (χ1n) is 7.02. The fourth-order valence-electron chi connectivity index (χ4n) is 2.80. The van der Waals surface area contributed by atoms with E-state index in [9.17, 15) is 30.6 Å². The van der Waals surface area contributed by atoms with Gasteiger partial charge in [0.1, 0.15) is 49.8 Å². The van der Waals surface area contributed by atoms with E-state index in [4.69, 9.17) is 24.4 Å². The normalized spacial score (nSPS) is 50.6. The molecule has 2 aliphatic heterocycles. The molecule has 0 aromatic rings. The van der Waals surface area contributed by atoms with Crippen molar-refractivity contribution in [2.24, 2.45) is 0 Å². The Hall–Kier alpha value is -0.440. The van der Waals surface area contributed by atoms with Crippen LogP contribution in [0.1, 0.15) is 0 Å².